The van der Waals surface area contributed by atoms with Gasteiger partial charge in [-0.2, -0.15) is 17.6 Å². The van der Waals surface area contributed by atoms with E-state index in [4.69, 9.17) is 0 Å². The molecule has 1 amide bonds. The number of nitrogens with zero attached hydrogens (tertiary/aromatic N) is 1. The summed E-state index contributed by atoms with van der Waals surface area (Å²) in [6.07, 6.45) is -0.762. The maximum absolute atomic E-state index is 13.5. The fourth-order valence-electron chi connectivity index (χ4n) is 3.14. The summed E-state index contributed by atoms with van der Waals surface area (Å²) in [4.78, 5) is 15.7. The average molecular weight is 360 g/mol. The van der Waals surface area contributed by atoms with Crippen LogP contribution in [0.15, 0.2) is 54.7 Å². The number of imidazole rings is 1. The average Bonchev–Trinajstić information content (AvgIpc) is 3.39. The van der Waals surface area contributed by atoms with Crippen LogP contribution in [0.1, 0.15) is 46.7 Å². The van der Waals surface area contributed by atoms with Gasteiger partial charge >= 0.3 is 6.18 Å². The minimum atomic E-state index is -4.59. The molecule has 2 heterocycles. The number of hydrogen-bond acceptors (Lipinski definition) is 1. The van der Waals surface area contributed by atoms with Gasteiger partial charge in [0.25, 0.3) is 11.7 Å². The zero-order valence-corrected chi connectivity index (χ0v) is 13.8. The number of alkyl halides is 3. The summed E-state index contributed by atoms with van der Waals surface area (Å²) in [6, 6.07) is 10.6. The molecule has 1 saturated carbocycles. The van der Waals surface area contributed by atoms with Crippen molar-refractivity contribution in [3.05, 3.63) is 71.8 Å². The van der Waals surface area contributed by atoms with Crippen molar-refractivity contribution in [3.8, 4) is 0 Å². The Hall–Kier alpha value is -2.83. The number of halogens is 3. The van der Waals surface area contributed by atoms with Crippen LogP contribution in [0.25, 0.3) is 5.52 Å². The molecule has 0 aliphatic heterocycles. The quantitative estimate of drug-likeness (QED) is 0.686. The fraction of sp³-hybridized carbons (Fsp3) is 0.263. The number of aromatic nitrogens is 2. The van der Waals surface area contributed by atoms with Gasteiger partial charge in [-0.1, -0.05) is 36.4 Å². The lowest BCUT2D eigenvalue weighted by Gasteiger charge is -2.21. The minimum absolute atomic E-state index is 0.000666. The molecule has 0 bridgehead atoms. The highest BCUT2D eigenvalue weighted by Gasteiger charge is 2.43. The maximum Gasteiger partial charge on any atom is 0.412 e. The third kappa shape index (κ3) is 3.05. The molecule has 4 nitrogen and oxygen atoms in total. The highest BCUT2D eigenvalue weighted by molar-refractivity contribution is 5.98. The number of pyridine rings is 1. The standard InChI is InChI=1S/C19H16F3N3O/c20-19(21,22)16(12-6-2-1-3-7-12)24-18(26)15-14-8-4-5-11-25(14)17(23-15)13-9-10-13/h1-8,11,13,16H,9-10H2,(H,24,26)/p+1. The molecule has 26 heavy (non-hydrogen) atoms. The van der Waals surface area contributed by atoms with Gasteiger partial charge in [0.15, 0.2) is 11.6 Å². The van der Waals surface area contributed by atoms with Crippen LogP contribution < -0.4 is 9.72 Å². The summed E-state index contributed by atoms with van der Waals surface area (Å²) >= 11 is 0. The van der Waals surface area contributed by atoms with Gasteiger partial charge in [-0.15, -0.1) is 0 Å². The summed E-state index contributed by atoms with van der Waals surface area (Å²) in [6.45, 7) is 0. The van der Waals surface area contributed by atoms with Crippen LogP contribution in [0.2, 0.25) is 0 Å². The molecule has 7 heteroatoms. The highest BCUT2D eigenvalue weighted by atomic mass is 19.4. The van der Waals surface area contributed by atoms with E-state index in [-0.39, 0.29) is 11.3 Å². The topological polar surface area (TPSA) is 49.0 Å². The van der Waals surface area contributed by atoms with Crippen molar-refractivity contribution in [3.63, 3.8) is 0 Å². The molecule has 1 fully saturated rings. The number of carbonyl (C=O) groups is 1. The highest BCUT2D eigenvalue weighted by Crippen LogP contribution is 2.38. The van der Waals surface area contributed by atoms with Crippen LogP contribution in [0.3, 0.4) is 0 Å². The van der Waals surface area contributed by atoms with E-state index in [1.54, 1.807) is 18.2 Å². The number of aromatic amines is 1. The number of fused-ring (bicyclic) bond motifs is 1. The minimum Gasteiger partial charge on any atom is -0.333 e. The number of nitrogens with one attached hydrogen (secondary N) is 2. The van der Waals surface area contributed by atoms with Gasteiger partial charge in [-0.25, -0.2) is 4.98 Å². The second-order valence-electron chi connectivity index (χ2n) is 6.47. The molecule has 1 atom stereocenters. The Kier molecular flexibility index (Phi) is 3.94. The Bertz CT molecular complexity index is 946. The SMILES string of the molecule is O=C(NC(c1ccccc1)C(F)(F)F)c1[nH]c(C2CC2)[n+]2ccccc12. The van der Waals surface area contributed by atoms with Gasteiger partial charge in [0, 0.05) is 0 Å². The largest absolute Gasteiger partial charge is 0.412 e. The van der Waals surface area contributed by atoms with Crippen molar-refractivity contribution < 1.29 is 22.4 Å². The lowest BCUT2D eigenvalue weighted by Crippen LogP contribution is -2.38. The van der Waals surface area contributed by atoms with Crippen LogP contribution in [-0.4, -0.2) is 17.1 Å². The fourth-order valence-corrected chi connectivity index (χ4v) is 3.14. The molecule has 134 valence electrons. The molecule has 4 rings (SSSR count). The van der Waals surface area contributed by atoms with E-state index in [1.165, 1.54) is 24.3 Å². The Morgan fingerprint density at radius 3 is 2.46 bits per heavy atom. The number of amides is 1. The normalized spacial score (nSPS) is 15.8. The first-order valence-electron chi connectivity index (χ1n) is 8.40. The van der Waals surface area contributed by atoms with E-state index in [1.807, 2.05) is 16.7 Å². The number of H-pyrrole nitrogens is 1. The molecular weight excluding hydrogens is 343 g/mol. The summed E-state index contributed by atoms with van der Waals surface area (Å²) in [5.74, 6) is 0.403. The van der Waals surface area contributed by atoms with Crippen molar-refractivity contribution in [2.45, 2.75) is 31.0 Å². The molecule has 0 spiro atoms. The second kappa shape index (κ2) is 6.16. The van der Waals surface area contributed by atoms with E-state index in [0.29, 0.717) is 11.4 Å². The van der Waals surface area contributed by atoms with Gasteiger partial charge in [0.2, 0.25) is 5.69 Å². The van der Waals surface area contributed by atoms with Gasteiger partial charge in [-0.05, 0) is 30.5 Å². The summed E-state index contributed by atoms with van der Waals surface area (Å²) in [7, 11) is 0. The molecular formula is C19H17F3N3O+. The van der Waals surface area contributed by atoms with Crippen LogP contribution >= 0.6 is 0 Å². The zero-order chi connectivity index (χ0) is 18.3. The van der Waals surface area contributed by atoms with E-state index in [0.717, 1.165) is 18.7 Å². The van der Waals surface area contributed by atoms with Crippen LogP contribution in [0, 0.1) is 0 Å². The van der Waals surface area contributed by atoms with Crippen LogP contribution in [-0.2, 0) is 0 Å². The van der Waals surface area contributed by atoms with E-state index in [2.05, 4.69) is 10.3 Å². The molecule has 1 aliphatic rings. The number of carbonyl (C=O) groups excluding carboxylic acids is 1. The van der Waals surface area contributed by atoms with Gasteiger partial charge in [0.1, 0.15) is 0 Å². The molecule has 1 unspecified atom stereocenters. The van der Waals surface area contributed by atoms with E-state index >= 15 is 0 Å². The van der Waals surface area contributed by atoms with Crippen molar-refractivity contribution in [2.24, 2.45) is 0 Å². The van der Waals surface area contributed by atoms with Crippen molar-refractivity contribution in [1.82, 2.24) is 10.3 Å². The molecule has 2 N–H and O–H groups in total. The predicted molar refractivity (Wildman–Crippen MR) is 88.6 cm³/mol. The predicted octanol–water partition coefficient (Wildman–Crippen LogP) is 3.66. The molecule has 0 saturated heterocycles. The first kappa shape index (κ1) is 16.6. The van der Waals surface area contributed by atoms with Crippen molar-refractivity contribution in [2.75, 3.05) is 0 Å². The Labute approximate surface area is 147 Å². The molecule has 3 aromatic rings. The third-order valence-corrected chi connectivity index (χ3v) is 4.56. The lowest BCUT2D eigenvalue weighted by molar-refractivity contribution is -0.521. The van der Waals surface area contributed by atoms with Crippen molar-refractivity contribution >= 4 is 11.4 Å². The summed E-state index contributed by atoms with van der Waals surface area (Å²) in [5, 5.41) is 2.15. The second-order valence-corrected chi connectivity index (χ2v) is 6.47. The Balaban J connectivity index is 1.70. The van der Waals surface area contributed by atoms with Crippen molar-refractivity contribution in [1.29, 1.82) is 0 Å². The number of benzene rings is 1. The van der Waals surface area contributed by atoms with Gasteiger partial charge < -0.3 is 5.32 Å². The summed E-state index contributed by atoms with van der Waals surface area (Å²) < 4.78 is 42.4. The van der Waals surface area contributed by atoms with Crippen LogP contribution in [0.4, 0.5) is 13.2 Å². The smallest absolute Gasteiger partial charge is 0.333 e. The van der Waals surface area contributed by atoms with Gasteiger partial charge in [0.05, 0.1) is 12.1 Å². The van der Waals surface area contributed by atoms with Gasteiger partial charge in [-0.3, -0.25) is 4.79 Å². The third-order valence-electron chi connectivity index (χ3n) is 4.56. The Morgan fingerprint density at radius 1 is 1.12 bits per heavy atom. The van der Waals surface area contributed by atoms with Crippen LogP contribution in [0.5, 0.6) is 0 Å². The molecule has 2 aromatic heterocycles. The summed E-state index contributed by atoms with van der Waals surface area (Å²) in [5.41, 5.74) is 0.720. The molecule has 0 radical (unpaired) electrons. The first-order chi connectivity index (χ1) is 12.4. The lowest BCUT2D eigenvalue weighted by atomic mass is 10.1. The first-order valence-corrected chi connectivity index (χ1v) is 8.40. The number of rotatable bonds is 4. The molecule has 1 aromatic carbocycles. The number of hydrogen-bond donors (Lipinski definition) is 2. The monoisotopic (exact) mass is 360 g/mol. The zero-order valence-electron chi connectivity index (χ0n) is 13.8. The van der Waals surface area contributed by atoms with E-state index in [9.17, 15) is 18.0 Å². The maximum atomic E-state index is 13.5. The Morgan fingerprint density at radius 2 is 1.81 bits per heavy atom. The molecule has 1 aliphatic carbocycles. The van der Waals surface area contributed by atoms with E-state index < -0.39 is 18.1 Å².